The van der Waals surface area contributed by atoms with Crippen LogP contribution in [0.4, 0.5) is 17.2 Å². The molecule has 4 aromatic rings. The Morgan fingerprint density at radius 2 is 1.77 bits per heavy atom. The first kappa shape index (κ1) is 31.9. The SMILES string of the molecule is O=C1CCC(N2Cc3ccc(Nc4ncnc5cc(NCc6cn(CCOCCOCCOCO)nn6)ccc45)cc3C2=O)C(=O)N1. The van der Waals surface area contributed by atoms with Crippen LogP contribution in [0.5, 0.6) is 0 Å². The largest absolute Gasteiger partial charge is 0.379 e. The van der Waals surface area contributed by atoms with Gasteiger partial charge in [-0.3, -0.25) is 19.7 Å². The van der Waals surface area contributed by atoms with Gasteiger partial charge in [0.15, 0.2) is 0 Å². The van der Waals surface area contributed by atoms with Gasteiger partial charge in [0.05, 0.1) is 57.8 Å². The number of carbonyl (C=O) groups excluding carboxylic acids is 3. The van der Waals surface area contributed by atoms with E-state index in [9.17, 15) is 14.4 Å². The minimum Gasteiger partial charge on any atom is -0.379 e. The van der Waals surface area contributed by atoms with E-state index < -0.39 is 11.9 Å². The van der Waals surface area contributed by atoms with E-state index in [-0.39, 0.29) is 25.0 Å². The van der Waals surface area contributed by atoms with E-state index in [2.05, 4.69) is 36.2 Å². The Balaban J connectivity index is 1.01. The van der Waals surface area contributed by atoms with Crippen LogP contribution in [0.15, 0.2) is 48.9 Å². The molecule has 1 saturated heterocycles. The van der Waals surface area contributed by atoms with Gasteiger partial charge in [0.1, 0.15) is 30.7 Å². The van der Waals surface area contributed by atoms with E-state index in [4.69, 9.17) is 19.3 Å². The van der Waals surface area contributed by atoms with Crippen LogP contribution >= 0.6 is 0 Å². The number of benzene rings is 2. The zero-order valence-corrected chi connectivity index (χ0v) is 25.6. The Labute approximate surface area is 269 Å². The van der Waals surface area contributed by atoms with Gasteiger partial charge in [-0.15, -0.1) is 5.10 Å². The number of piperidine rings is 1. The molecule has 3 amide bonds. The number of carbonyl (C=O) groups is 3. The third-order valence-corrected chi connectivity index (χ3v) is 7.79. The van der Waals surface area contributed by atoms with Crippen LogP contribution in [0, 0.1) is 0 Å². The Bertz CT molecular complexity index is 1750. The van der Waals surface area contributed by atoms with E-state index in [0.29, 0.717) is 76.2 Å². The maximum Gasteiger partial charge on any atom is 0.255 e. The van der Waals surface area contributed by atoms with E-state index in [1.54, 1.807) is 10.7 Å². The number of aromatic nitrogens is 5. The van der Waals surface area contributed by atoms with Gasteiger partial charge in [0.25, 0.3) is 5.91 Å². The summed E-state index contributed by atoms with van der Waals surface area (Å²) >= 11 is 0. The number of fused-ring (bicyclic) bond motifs is 2. The summed E-state index contributed by atoms with van der Waals surface area (Å²) in [6, 6.07) is 10.6. The lowest BCUT2D eigenvalue weighted by molar-refractivity contribution is -0.136. The molecule has 1 unspecified atom stereocenters. The number of rotatable bonds is 16. The topological polar surface area (TPSA) is 195 Å². The number of ether oxygens (including phenoxy) is 3. The number of nitrogens with one attached hydrogen (secondary N) is 3. The number of amides is 3. The van der Waals surface area contributed by atoms with Gasteiger partial charge in [-0.25, -0.2) is 14.6 Å². The number of nitrogens with zero attached hydrogens (tertiary/aromatic N) is 6. The Morgan fingerprint density at radius 3 is 2.60 bits per heavy atom. The van der Waals surface area contributed by atoms with Gasteiger partial charge in [-0.05, 0) is 42.3 Å². The maximum absolute atomic E-state index is 13.2. The number of imide groups is 1. The van der Waals surface area contributed by atoms with Crippen molar-refractivity contribution in [3.05, 3.63) is 65.7 Å². The van der Waals surface area contributed by atoms with Crippen molar-refractivity contribution >= 4 is 45.8 Å². The average molecular weight is 646 g/mol. The molecule has 2 aliphatic rings. The van der Waals surface area contributed by atoms with E-state index in [1.165, 1.54) is 11.2 Å². The zero-order valence-electron chi connectivity index (χ0n) is 25.6. The highest BCUT2D eigenvalue weighted by atomic mass is 16.6. The van der Waals surface area contributed by atoms with E-state index in [0.717, 1.165) is 27.8 Å². The maximum atomic E-state index is 13.2. The second-order valence-electron chi connectivity index (χ2n) is 10.9. The summed E-state index contributed by atoms with van der Waals surface area (Å²) < 4.78 is 17.4. The zero-order chi connectivity index (χ0) is 32.6. The first-order valence-electron chi connectivity index (χ1n) is 15.2. The molecule has 2 aromatic carbocycles. The van der Waals surface area contributed by atoms with Crippen LogP contribution in [0.2, 0.25) is 0 Å². The standard InChI is InChI=1S/C31H35N9O7/c41-19-47-12-11-46-10-9-45-8-7-39-17-23(37-38-39)15-32-21-3-4-24-26(14-21)33-18-34-29(24)35-22-2-1-20-16-40(31(44)25(20)13-22)27-5-6-28(42)36-30(27)43/h1-4,13-14,17-18,27,32,41H,5-12,15-16,19H2,(H,33,34,35)(H,36,42,43). The molecule has 0 radical (unpaired) electrons. The predicted octanol–water partition coefficient (Wildman–Crippen LogP) is 1.34. The minimum absolute atomic E-state index is 0.210. The fraction of sp³-hybridized carbons (Fsp3) is 0.387. The second kappa shape index (κ2) is 15.0. The van der Waals surface area contributed by atoms with Crippen molar-refractivity contribution in [3.63, 3.8) is 0 Å². The van der Waals surface area contributed by atoms with Crippen molar-refractivity contribution in [3.8, 4) is 0 Å². The number of hydrogen-bond acceptors (Lipinski definition) is 13. The lowest BCUT2D eigenvalue weighted by Crippen LogP contribution is -2.52. The molecular weight excluding hydrogens is 610 g/mol. The van der Waals surface area contributed by atoms with Crippen molar-refractivity contribution in [1.29, 1.82) is 0 Å². The molecule has 2 aromatic heterocycles. The molecule has 2 aliphatic heterocycles. The van der Waals surface area contributed by atoms with Gasteiger partial charge < -0.3 is 34.9 Å². The fourth-order valence-electron chi connectivity index (χ4n) is 5.42. The van der Waals surface area contributed by atoms with Gasteiger partial charge in [-0.1, -0.05) is 11.3 Å². The van der Waals surface area contributed by atoms with Crippen molar-refractivity contribution in [2.75, 3.05) is 50.5 Å². The van der Waals surface area contributed by atoms with Gasteiger partial charge in [-0.2, -0.15) is 0 Å². The van der Waals surface area contributed by atoms with Crippen LogP contribution < -0.4 is 16.0 Å². The monoisotopic (exact) mass is 645 g/mol. The van der Waals surface area contributed by atoms with Gasteiger partial charge in [0, 0.05) is 35.3 Å². The minimum atomic E-state index is -0.661. The predicted molar refractivity (Wildman–Crippen MR) is 167 cm³/mol. The number of hydrogen-bond donors (Lipinski definition) is 4. The van der Waals surface area contributed by atoms with Crippen LogP contribution in [-0.2, 0) is 43.4 Å². The van der Waals surface area contributed by atoms with Crippen molar-refractivity contribution in [1.82, 2.24) is 35.2 Å². The van der Waals surface area contributed by atoms with Crippen LogP contribution in [0.25, 0.3) is 10.9 Å². The molecule has 0 spiro atoms. The Morgan fingerprint density at radius 1 is 0.957 bits per heavy atom. The summed E-state index contributed by atoms with van der Waals surface area (Å²) in [5.41, 5.74) is 4.35. The molecule has 47 heavy (non-hydrogen) atoms. The summed E-state index contributed by atoms with van der Waals surface area (Å²) in [6.45, 7) is 3.13. The van der Waals surface area contributed by atoms with Crippen LogP contribution in [0.1, 0.15) is 34.5 Å². The molecule has 0 bridgehead atoms. The molecule has 246 valence electrons. The highest BCUT2D eigenvalue weighted by Gasteiger charge is 2.39. The van der Waals surface area contributed by atoms with E-state index >= 15 is 0 Å². The molecule has 16 heteroatoms. The average Bonchev–Trinajstić information content (AvgIpc) is 3.66. The van der Waals surface area contributed by atoms with Gasteiger partial charge in [0.2, 0.25) is 11.8 Å². The van der Waals surface area contributed by atoms with Crippen LogP contribution in [-0.4, -0.2) is 98.6 Å². The first-order valence-corrected chi connectivity index (χ1v) is 15.2. The number of anilines is 3. The lowest BCUT2D eigenvalue weighted by Gasteiger charge is -2.29. The fourth-order valence-corrected chi connectivity index (χ4v) is 5.42. The van der Waals surface area contributed by atoms with Crippen LogP contribution in [0.3, 0.4) is 0 Å². The number of aliphatic hydroxyl groups is 1. The summed E-state index contributed by atoms with van der Waals surface area (Å²) in [7, 11) is 0. The molecule has 16 nitrogen and oxygen atoms in total. The molecule has 4 N–H and O–H groups in total. The molecule has 1 atom stereocenters. The third-order valence-electron chi connectivity index (χ3n) is 7.79. The molecule has 0 saturated carbocycles. The molecule has 4 heterocycles. The van der Waals surface area contributed by atoms with Gasteiger partial charge >= 0.3 is 0 Å². The summed E-state index contributed by atoms with van der Waals surface area (Å²) in [5.74, 6) is -0.401. The molecule has 1 fully saturated rings. The van der Waals surface area contributed by atoms with Crippen molar-refractivity contribution in [2.24, 2.45) is 0 Å². The van der Waals surface area contributed by atoms with Crippen molar-refractivity contribution < 1.29 is 33.7 Å². The third kappa shape index (κ3) is 7.86. The first-order chi connectivity index (χ1) is 23.0. The van der Waals surface area contributed by atoms with E-state index in [1.807, 2.05) is 36.5 Å². The second-order valence-corrected chi connectivity index (χ2v) is 10.9. The summed E-state index contributed by atoms with van der Waals surface area (Å²) in [6.07, 6.45) is 3.86. The quantitative estimate of drug-likeness (QED) is 0.0775. The summed E-state index contributed by atoms with van der Waals surface area (Å²) in [4.78, 5) is 47.5. The molecule has 0 aliphatic carbocycles. The Kier molecular flexibility index (Phi) is 10.2. The lowest BCUT2D eigenvalue weighted by atomic mass is 10.0. The molecule has 6 rings (SSSR count). The smallest absolute Gasteiger partial charge is 0.255 e. The molecular formula is C31H35N9O7. The normalized spacial score (nSPS) is 16.1. The highest BCUT2D eigenvalue weighted by Crippen LogP contribution is 2.31. The highest BCUT2D eigenvalue weighted by molar-refractivity contribution is 6.06. The van der Waals surface area contributed by atoms with Crippen molar-refractivity contribution in [2.45, 2.75) is 38.5 Å². The summed E-state index contributed by atoms with van der Waals surface area (Å²) in [5, 5.41) is 26.7. The Hall–Kier alpha value is -5.03. The number of aliphatic hydroxyl groups excluding tert-OH is 1.